The topological polar surface area (TPSA) is 66.4 Å². The van der Waals surface area contributed by atoms with Crippen molar-refractivity contribution in [3.63, 3.8) is 0 Å². The van der Waals surface area contributed by atoms with Gasteiger partial charge in [0, 0.05) is 0 Å². The van der Waals surface area contributed by atoms with E-state index in [9.17, 15) is 5.11 Å². The van der Waals surface area contributed by atoms with E-state index in [2.05, 4.69) is 0 Å². The second-order valence-electron chi connectivity index (χ2n) is 10.5. The normalized spacial score (nSPS) is 24.2. The number of aliphatic hydroxyl groups is 1. The van der Waals surface area contributed by atoms with E-state index in [0.29, 0.717) is 19.8 Å². The Kier molecular flexibility index (Phi) is 10.3. The monoisotopic (exact) mass is 554 g/mol. The average Bonchev–Trinajstić information content (AvgIpc) is 3.01. The molecule has 6 nitrogen and oxygen atoms in total. The Morgan fingerprint density at radius 2 is 0.951 bits per heavy atom. The first kappa shape index (κ1) is 29.1. The third kappa shape index (κ3) is 8.33. The van der Waals surface area contributed by atoms with Gasteiger partial charge in [-0.3, -0.25) is 0 Å². The number of hydrogen-bond donors (Lipinski definition) is 1. The van der Waals surface area contributed by atoms with Gasteiger partial charge in [-0.25, -0.2) is 0 Å². The van der Waals surface area contributed by atoms with Gasteiger partial charge in [0.25, 0.3) is 0 Å². The molecule has 1 N–H and O–H groups in total. The van der Waals surface area contributed by atoms with Crippen molar-refractivity contribution in [1.29, 1.82) is 0 Å². The van der Waals surface area contributed by atoms with Crippen molar-refractivity contribution >= 4 is 0 Å². The highest BCUT2D eigenvalue weighted by Crippen LogP contribution is 2.35. The van der Waals surface area contributed by atoms with E-state index < -0.39 is 30.2 Å². The number of benzene rings is 4. The third-order valence-electron chi connectivity index (χ3n) is 7.14. The van der Waals surface area contributed by atoms with Gasteiger partial charge >= 0.3 is 0 Å². The van der Waals surface area contributed by atoms with E-state index in [1.165, 1.54) is 0 Å². The molecule has 5 atom stereocenters. The molecule has 1 aliphatic rings. The molecule has 1 heterocycles. The molecule has 1 saturated heterocycles. The maximum Gasteiger partial charge on any atom is 0.192 e. The molecule has 0 spiro atoms. The molecule has 4 aromatic carbocycles. The van der Waals surface area contributed by atoms with Gasteiger partial charge in [-0.05, 0) is 29.2 Å². The summed E-state index contributed by atoms with van der Waals surface area (Å²) in [6.07, 6.45) is -2.64. The molecule has 4 aromatic rings. The summed E-state index contributed by atoms with van der Waals surface area (Å²) in [6, 6.07) is 39.8. The SMILES string of the molecule is C[C@]1(O)O[C@H](COCc2ccccc2)[C@@H](OCc2ccccc2)[C@H](OCc2ccccc2)[C@@H]1OCc1ccccc1. The molecular formula is C35H38O6. The van der Waals surface area contributed by atoms with Crippen LogP contribution in [-0.4, -0.2) is 41.9 Å². The lowest BCUT2D eigenvalue weighted by Crippen LogP contribution is -2.66. The predicted molar refractivity (Wildman–Crippen MR) is 157 cm³/mol. The molecular weight excluding hydrogens is 516 g/mol. The Labute approximate surface area is 242 Å². The Hall–Kier alpha value is -3.36. The van der Waals surface area contributed by atoms with Crippen molar-refractivity contribution < 1.29 is 28.8 Å². The summed E-state index contributed by atoms with van der Waals surface area (Å²) in [5.41, 5.74) is 4.08. The van der Waals surface area contributed by atoms with Crippen LogP contribution in [0.4, 0.5) is 0 Å². The number of ether oxygens (including phenoxy) is 5. The van der Waals surface area contributed by atoms with Gasteiger partial charge in [-0.15, -0.1) is 0 Å². The van der Waals surface area contributed by atoms with Crippen molar-refractivity contribution in [1.82, 2.24) is 0 Å². The van der Waals surface area contributed by atoms with Gasteiger partial charge in [0.15, 0.2) is 5.79 Å². The summed E-state index contributed by atoms with van der Waals surface area (Å²) in [5.74, 6) is -1.65. The minimum atomic E-state index is -1.65. The van der Waals surface area contributed by atoms with Gasteiger partial charge in [0.05, 0.1) is 33.0 Å². The molecule has 0 amide bonds. The van der Waals surface area contributed by atoms with Crippen LogP contribution >= 0.6 is 0 Å². The summed E-state index contributed by atoms with van der Waals surface area (Å²) in [5, 5.41) is 11.6. The van der Waals surface area contributed by atoms with E-state index in [-0.39, 0.29) is 13.2 Å². The highest BCUT2D eigenvalue weighted by Gasteiger charge is 2.54. The van der Waals surface area contributed by atoms with Crippen LogP contribution in [0.3, 0.4) is 0 Å². The third-order valence-corrected chi connectivity index (χ3v) is 7.14. The summed E-state index contributed by atoms with van der Waals surface area (Å²) in [7, 11) is 0. The first-order valence-corrected chi connectivity index (χ1v) is 14.1. The first-order chi connectivity index (χ1) is 20.1. The average molecular weight is 555 g/mol. The lowest BCUT2D eigenvalue weighted by Gasteiger charge is -2.49. The maximum absolute atomic E-state index is 11.6. The van der Waals surface area contributed by atoms with Crippen molar-refractivity contribution in [2.24, 2.45) is 0 Å². The van der Waals surface area contributed by atoms with Crippen LogP contribution < -0.4 is 0 Å². The zero-order valence-corrected chi connectivity index (χ0v) is 23.4. The zero-order chi connectivity index (χ0) is 28.3. The smallest absolute Gasteiger partial charge is 0.192 e. The van der Waals surface area contributed by atoms with Crippen LogP contribution in [0.2, 0.25) is 0 Å². The molecule has 5 rings (SSSR count). The maximum atomic E-state index is 11.6. The molecule has 1 fully saturated rings. The first-order valence-electron chi connectivity index (χ1n) is 14.1. The van der Waals surface area contributed by atoms with E-state index in [1.54, 1.807) is 6.92 Å². The molecule has 214 valence electrons. The van der Waals surface area contributed by atoms with Crippen LogP contribution in [-0.2, 0) is 50.1 Å². The largest absolute Gasteiger partial charge is 0.374 e. The molecule has 0 bridgehead atoms. The molecule has 0 aromatic heterocycles. The van der Waals surface area contributed by atoms with Crippen LogP contribution in [0.1, 0.15) is 29.2 Å². The molecule has 41 heavy (non-hydrogen) atoms. The fourth-order valence-corrected chi connectivity index (χ4v) is 5.05. The summed E-state index contributed by atoms with van der Waals surface area (Å²) < 4.78 is 31.9. The minimum Gasteiger partial charge on any atom is -0.374 e. The highest BCUT2D eigenvalue weighted by atomic mass is 16.7. The minimum absolute atomic E-state index is 0.209. The second-order valence-corrected chi connectivity index (χ2v) is 10.5. The lowest BCUT2D eigenvalue weighted by atomic mass is 9.92. The highest BCUT2D eigenvalue weighted by molar-refractivity contribution is 5.16. The van der Waals surface area contributed by atoms with E-state index in [4.69, 9.17) is 23.7 Å². The van der Waals surface area contributed by atoms with Gasteiger partial charge in [-0.2, -0.15) is 0 Å². The predicted octanol–water partition coefficient (Wildman–Crippen LogP) is 6.07. The molecule has 6 heteroatoms. The van der Waals surface area contributed by atoms with Gasteiger partial charge in [-0.1, -0.05) is 121 Å². The van der Waals surface area contributed by atoms with Gasteiger partial charge < -0.3 is 28.8 Å². The Balaban J connectivity index is 1.39. The van der Waals surface area contributed by atoms with Crippen molar-refractivity contribution in [2.75, 3.05) is 6.61 Å². The summed E-state index contributed by atoms with van der Waals surface area (Å²) in [6.45, 7) is 3.22. The standard InChI is InChI=1S/C35H38O6/c1-35(36)34(40-25-30-20-12-5-13-21-30)33(39-24-29-18-10-4-11-19-29)32(38-23-28-16-8-3-9-17-28)31(41-35)26-37-22-27-14-6-2-7-15-27/h2-21,31-34,36H,22-26H2,1H3/t31-,32-,33+,34+,35+/m1/s1. The van der Waals surface area contributed by atoms with Crippen LogP contribution in [0.5, 0.6) is 0 Å². The number of rotatable bonds is 13. The lowest BCUT2D eigenvalue weighted by molar-refractivity contribution is -0.363. The van der Waals surface area contributed by atoms with Crippen LogP contribution in [0.25, 0.3) is 0 Å². The van der Waals surface area contributed by atoms with Gasteiger partial charge in [0.1, 0.15) is 24.4 Å². The van der Waals surface area contributed by atoms with Crippen molar-refractivity contribution in [2.45, 2.75) is 63.6 Å². The van der Waals surface area contributed by atoms with Crippen LogP contribution in [0.15, 0.2) is 121 Å². The fraction of sp³-hybridized carbons (Fsp3) is 0.314. The van der Waals surface area contributed by atoms with Crippen molar-refractivity contribution in [3.05, 3.63) is 144 Å². The molecule has 0 aliphatic carbocycles. The van der Waals surface area contributed by atoms with Crippen molar-refractivity contribution in [3.8, 4) is 0 Å². The molecule has 0 radical (unpaired) electrons. The summed E-state index contributed by atoms with van der Waals surface area (Å²) in [4.78, 5) is 0. The Morgan fingerprint density at radius 1 is 0.561 bits per heavy atom. The summed E-state index contributed by atoms with van der Waals surface area (Å²) >= 11 is 0. The van der Waals surface area contributed by atoms with E-state index in [0.717, 1.165) is 22.3 Å². The zero-order valence-electron chi connectivity index (χ0n) is 23.4. The molecule has 0 unspecified atom stereocenters. The van der Waals surface area contributed by atoms with E-state index >= 15 is 0 Å². The van der Waals surface area contributed by atoms with Gasteiger partial charge in [0.2, 0.25) is 0 Å². The Morgan fingerprint density at radius 3 is 1.41 bits per heavy atom. The molecule has 1 aliphatic heterocycles. The molecule has 0 saturated carbocycles. The van der Waals surface area contributed by atoms with E-state index in [1.807, 2.05) is 121 Å². The van der Waals surface area contributed by atoms with Crippen LogP contribution in [0, 0.1) is 0 Å². The quantitative estimate of drug-likeness (QED) is 0.217. The Bertz CT molecular complexity index is 1280. The fourth-order valence-electron chi connectivity index (χ4n) is 5.05. The second kappa shape index (κ2) is 14.5. The number of hydrogen-bond acceptors (Lipinski definition) is 6.